The van der Waals surface area contributed by atoms with Crippen LogP contribution in [0.5, 0.6) is 11.5 Å². The zero-order valence-electron chi connectivity index (χ0n) is 12.8. The van der Waals surface area contributed by atoms with Gasteiger partial charge in [0, 0.05) is 19.1 Å². The summed E-state index contributed by atoms with van der Waals surface area (Å²) in [5, 5.41) is 29.9. The highest BCUT2D eigenvalue weighted by Crippen LogP contribution is 2.42. The molecule has 0 amide bonds. The standard InChI is InChI=1S/C17H25NO3/c1-10(2)5-12-9-18-4-3-11-6-16(20)17(21)7-13(11)14(18)8-15(12)19/h6-7,10,12,14-15,19-21H,3-5,8-9H2,1-2H3/t12-,14-,15-/m1/s1. The first-order chi connectivity index (χ1) is 9.95. The summed E-state index contributed by atoms with van der Waals surface area (Å²) in [7, 11) is 0. The molecule has 3 atom stereocenters. The topological polar surface area (TPSA) is 63.9 Å². The summed E-state index contributed by atoms with van der Waals surface area (Å²) in [5.41, 5.74) is 2.17. The van der Waals surface area contributed by atoms with Crippen LogP contribution >= 0.6 is 0 Å². The molecule has 2 heterocycles. The third-order valence-electron chi connectivity index (χ3n) is 4.96. The molecule has 0 aromatic heterocycles. The van der Waals surface area contributed by atoms with Gasteiger partial charge in [-0.25, -0.2) is 0 Å². The lowest BCUT2D eigenvalue weighted by atomic mass is 9.79. The Kier molecular flexibility index (Phi) is 3.84. The summed E-state index contributed by atoms with van der Waals surface area (Å²) in [6.07, 6.45) is 2.38. The van der Waals surface area contributed by atoms with E-state index in [9.17, 15) is 15.3 Å². The summed E-state index contributed by atoms with van der Waals surface area (Å²) >= 11 is 0. The Balaban J connectivity index is 1.85. The van der Waals surface area contributed by atoms with Gasteiger partial charge in [-0.2, -0.15) is 0 Å². The Bertz CT molecular complexity index is 529. The number of rotatable bonds is 2. The van der Waals surface area contributed by atoms with Crippen molar-refractivity contribution in [3.05, 3.63) is 23.3 Å². The number of piperidine rings is 1. The first kappa shape index (κ1) is 14.7. The van der Waals surface area contributed by atoms with Crippen LogP contribution in [0.2, 0.25) is 0 Å². The van der Waals surface area contributed by atoms with Gasteiger partial charge < -0.3 is 15.3 Å². The first-order valence-corrected chi connectivity index (χ1v) is 7.92. The molecule has 1 saturated heterocycles. The van der Waals surface area contributed by atoms with Crippen LogP contribution in [-0.2, 0) is 6.42 Å². The number of aromatic hydroxyl groups is 2. The Morgan fingerprint density at radius 1 is 1.24 bits per heavy atom. The fourth-order valence-electron chi connectivity index (χ4n) is 3.96. The lowest BCUT2D eigenvalue weighted by Crippen LogP contribution is -2.48. The van der Waals surface area contributed by atoms with Crippen molar-refractivity contribution in [2.45, 2.75) is 45.3 Å². The average Bonchev–Trinajstić information content (AvgIpc) is 2.41. The lowest BCUT2D eigenvalue weighted by molar-refractivity contribution is -0.0191. The molecule has 0 unspecified atom stereocenters. The molecule has 1 aromatic carbocycles. The van der Waals surface area contributed by atoms with Crippen LogP contribution in [0.1, 0.15) is 43.9 Å². The van der Waals surface area contributed by atoms with E-state index in [1.54, 1.807) is 12.1 Å². The minimum atomic E-state index is -0.282. The predicted octanol–water partition coefficient (Wildman–Crippen LogP) is 2.42. The van der Waals surface area contributed by atoms with Crippen LogP contribution < -0.4 is 0 Å². The van der Waals surface area contributed by atoms with Crippen LogP contribution in [0.15, 0.2) is 12.1 Å². The van der Waals surface area contributed by atoms with Gasteiger partial charge >= 0.3 is 0 Å². The fraction of sp³-hybridized carbons (Fsp3) is 0.647. The summed E-state index contributed by atoms with van der Waals surface area (Å²) in [6.45, 7) is 6.28. The van der Waals surface area contributed by atoms with Gasteiger partial charge in [-0.15, -0.1) is 0 Å². The summed E-state index contributed by atoms with van der Waals surface area (Å²) in [5.74, 6) is 0.832. The number of fused-ring (bicyclic) bond motifs is 3. The maximum Gasteiger partial charge on any atom is 0.157 e. The number of hydrogen-bond acceptors (Lipinski definition) is 4. The molecule has 2 aliphatic heterocycles. The highest BCUT2D eigenvalue weighted by molar-refractivity contribution is 5.48. The van der Waals surface area contributed by atoms with Gasteiger partial charge in [0.25, 0.3) is 0 Å². The normalized spacial score (nSPS) is 29.2. The Hall–Kier alpha value is -1.26. The van der Waals surface area contributed by atoms with Crippen molar-refractivity contribution >= 4 is 0 Å². The summed E-state index contributed by atoms with van der Waals surface area (Å²) in [6, 6.07) is 3.52. The maximum atomic E-state index is 10.5. The van der Waals surface area contributed by atoms with Crippen molar-refractivity contribution in [1.82, 2.24) is 4.90 Å². The van der Waals surface area contributed by atoms with E-state index in [1.807, 2.05) is 0 Å². The third kappa shape index (κ3) is 2.74. The van der Waals surface area contributed by atoms with Crippen molar-refractivity contribution < 1.29 is 15.3 Å². The molecule has 0 saturated carbocycles. The Labute approximate surface area is 126 Å². The van der Waals surface area contributed by atoms with Crippen LogP contribution in [-0.4, -0.2) is 39.4 Å². The largest absolute Gasteiger partial charge is 0.504 e. The Morgan fingerprint density at radius 3 is 2.67 bits per heavy atom. The fourth-order valence-corrected chi connectivity index (χ4v) is 3.96. The van der Waals surface area contributed by atoms with Gasteiger partial charge in [-0.05, 0) is 54.4 Å². The zero-order chi connectivity index (χ0) is 15.1. The predicted molar refractivity (Wildman–Crippen MR) is 81.4 cm³/mol. The molecule has 2 aliphatic rings. The van der Waals surface area contributed by atoms with Gasteiger partial charge in [-0.3, -0.25) is 4.90 Å². The van der Waals surface area contributed by atoms with Gasteiger partial charge in [-0.1, -0.05) is 13.8 Å². The third-order valence-corrected chi connectivity index (χ3v) is 4.96. The molecular weight excluding hydrogens is 266 g/mol. The number of phenolic OH excluding ortho intramolecular Hbond substituents is 2. The second kappa shape index (κ2) is 5.50. The minimum absolute atomic E-state index is 0.0451. The average molecular weight is 291 g/mol. The lowest BCUT2D eigenvalue weighted by Gasteiger charge is -2.46. The molecule has 21 heavy (non-hydrogen) atoms. The monoisotopic (exact) mass is 291 g/mol. The smallest absolute Gasteiger partial charge is 0.157 e. The van der Waals surface area contributed by atoms with Crippen LogP contribution in [0.25, 0.3) is 0 Å². The summed E-state index contributed by atoms with van der Waals surface area (Å²) in [4.78, 5) is 2.43. The van der Waals surface area contributed by atoms with Crippen LogP contribution in [0.3, 0.4) is 0 Å². The second-order valence-corrected chi connectivity index (χ2v) is 6.99. The molecule has 1 fully saturated rings. The molecule has 0 spiro atoms. The van der Waals surface area contributed by atoms with Gasteiger partial charge in [0.15, 0.2) is 11.5 Å². The van der Waals surface area contributed by atoms with Crippen molar-refractivity contribution in [2.75, 3.05) is 13.1 Å². The number of nitrogens with zero attached hydrogens (tertiary/aromatic N) is 1. The second-order valence-electron chi connectivity index (χ2n) is 6.99. The molecule has 3 N–H and O–H groups in total. The summed E-state index contributed by atoms with van der Waals surface area (Å²) < 4.78 is 0. The first-order valence-electron chi connectivity index (χ1n) is 7.92. The molecule has 4 heteroatoms. The number of aliphatic hydroxyl groups is 1. The van der Waals surface area contributed by atoms with Crippen molar-refractivity contribution in [2.24, 2.45) is 11.8 Å². The van der Waals surface area contributed by atoms with E-state index in [-0.39, 0.29) is 23.6 Å². The zero-order valence-corrected chi connectivity index (χ0v) is 12.8. The van der Waals surface area contributed by atoms with Crippen molar-refractivity contribution in [3.8, 4) is 11.5 Å². The maximum absolute atomic E-state index is 10.5. The molecule has 0 aliphatic carbocycles. The highest BCUT2D eigenvalue weighted by Gasteiger charge is 2.38. The van der Waals surface area contributed by atoms with Crippen molar-refractivity contribution in [3.63, 3.8) is 0 Å². The number of aliphatic hydroxyl groups excluding tert-OH is 1. The molecular formula is C17H25NO3. The van der Waals surface area contributed by atoms with Crippen LogP contribution in [0, 0.1) is 11.8 Å². The van der Waals surface area contributed by atoms with E-state index in [0.717, 1.165) is 37.1 Å². The molecule has 0 bridgehead atoms. The van der Waals surface area contributed by atoms with E-state index in [2.05, 4.69) is 18.7 Å². The van der Waals surface area contributed by atoms with E-state index < -0.39 is 0 Å². The van der Waals surface area contributed by atoms with Gasteiger partial charge in [0.2, 0.25) is 0 Å². The Morgan fingerprint density at radius 2 is 1.95 bits per heavy atom. The molecule has 116 valence electrons. The van der Waals surface area contributed by atoms with Gasteiger partial charge in [0.05, 0.1) is 6.10 Å². The number of hydrogen-bond donors (Lipinski definition) is 3. The van der Waals surface area contributed by atoms with E-state index >= 15 is 0 Å². The number of benzene rings is 1. The highest BCUT2D eigenvalue weighted by atomic mass is 16.3. The van der Waals surface area contributed by atoms with E-state index in [1.165, 1.54) is 0 Å². The van der Waals surface area contributed by atoms with Gasteiger partial charge in [0.1, 0.15) is 0 Å². The molecule has 0 radical (unpaired) electrons. The molecule has 3 rings (SSSR count). The van der Waals surface area contributed by atoms with Crippen molar-refractivity contribution in [1.29, 1.82) is 0 Å². The number of phenols is 2. The van der Waals surface area contributed by atoms with E-state index in [0.29, 0.717) is 18.3 Å². The molecule has 1 aromatic rings. The van der Waals surface area contributed by atoms with Crippen LogP contribution in [0.4, 0.5) is 0 Å². The SMILES string of the molecule is CC(C)C[C@@H]1CN2CCc3cc(O)c(O)cc3[C@H]2C[C@H]1O. The molecule has 4 nitrogen and oxygen atoms in total. The minimum Gasteiger partial charge on any atom is -0.504 e. The quantitative estimate of drug-likeness (QED) is 0.732. The van der Waals surface area contributed by atoms with E-state index in [4.69, 9.17) is 0 Å².